The first-order chi connectivity index (χ1) is 21.2. The lowest BCUT2D eigenvalue weighted by Crippen LogP contribution is -2.40. The lowest BCUT2D eigenvalue weighted by Gasteiger charge is -2.27. The maximum atomic E-state index is 14.1. The van der Waals surface area contributed by atoms with Crippen molar-refractivity contribution in [1.82, 2.24) is 4.57 Å². The summed E-state index contributed by atoms with van der Waals surface area (Å²) in [7, 11) is 3.05. The Hall–Kier alpha value is -4.97. The van der Waals surface area contributed by atoms with Gasteiger partial charge in [-0.25, -0.2) is 9.79 Å². The van der Waals surface area contributed by atoms with Gasteiger partial charge in [-0.3, -0.25) is 19.5 Å². The van der Waals surface area contributed by atoms with Crippen LogP contribution in [0.15, 0.2) is 74.0 Å². The number of nitro groups is 1. The molecule has 0 fully saturated rings. The van der Waals surface area contributed by atoms with Crippen molar-refractivity contribution in [3.05, 3.63) is 106 Å². The average Bonchev–Trinajstić information content (AvgIpc) is 3.60. The van der Waals surface area contributed by atoms with Crippen LogP contribution in [0.4, 0.5) is 5.69 Å². The molecule has 0 spiro atoms. The summed E-state index contributed by atoms with van der Waals surface area (Å²) in [6.45, 7) is 5.62. The second-order valence-corrected chi connectivity index (χ2v) is 11.0. The molecular weight excluding hydrogens is 586 g/mol. The van der Waals surface area contributed by atoms with E-state index in [1.165, 1.54) is 24.9 Å². The summed E-state index contributed by atoms with van der Waals surface area (Å²) in [4.78, 5) is 44.0. The van der Waals surface area contributed by atoms with Gasteiger partial charge in [0.15, 0.2) is 4.80 Å². The first-order valence-electron chi connectivity index (χ1n) is 14.0. The zero-order valence-corrected chi connectivity index (χ0v) is 25.7. The van der Waals surface area contributed by atoms with Crippen LogP contribution in [0.3, 0.4) is 0 Å². The number of nitro benzene ring substituents is 1. The molecule has 2 aromatic carbocycles. The van der Waals surface area contributed by atoms with Gasteiger partial charge in [-0.05, 0) is 62.2 Å². The fourth-order valence-electron chi connectivity index (χ4n) is 5.17. The molecule has 0 radical (unpaired) electrons. The third-order valence-corrected chi connectivity index (χ3v) is 8.12. The highest BCUT2D eigenvalue weighted by atomic mass is 32.1. The van der Waals surface area contributed by atoms with Crippen LogP contribution in [0.5, 0.6) is 11.5 Å². The minimum atomic E-state index is -0.901. The van der Waals surface area contributed by atoms with Crippen molar-refractivity contribution in [3.63, 3.8) is 0 Å². The molecule has 12 heteroatoms. The number of aromatic nitrogens is 1. The molecule has 1 atom stereocenters. The van der Waals surface area contributed by atoms with E-state index in [4.69, 9.17) is 23.6 Å². The quantitative estimate of drug-likeness (QED) is 0.137. The van der Waals surface area contributed by atoms with Crippen LogP contribution in [0.1, 0.15) is 49.6 Å². The normalized spacial score (nSPS) is 14.7. The highest BCUT2D eigenvalue weighted by molar-refractivity contribution is 7.07. The van der Waals surface area contributed by atoms with Crippen LogP contribution in [0, 0.1) is 17.0 Å². The van der Waals surface area contributed by atoms with E-state index in [1.807, 2.05) is 6.92 Å². The molecule has 44 heavy (non-hydrogen) atoms. The highest BCUT2D eigenvalue weighted by Gasteiger charge is 2.36. The molecule has 0 amide bonds. The van der Waals surface area contributed by atoms with E-state index < -0.39 is 22.5 Å². The number of ether oxygens (including phenoxy) is 3. The molecule has 0 unspecified atom stereocenters. The average molecular weight is 618 g/mol. The minimum absolute atomic E-state index is 0.0764. The number of thiazole rings is 1. The van der Waals surface area contributed by atoms with Crippen molar-refractivity contribution in [2.24, 2.45) is 4.99 Å². The fourth-order valence-corrected chi connectivity index (χ4v) is 6.17. The van der Waals surface area contributed by atoms with Crippen LogP contribution in [0.25, 0.3) is 17.4 Å². The molecule has 0 saturated heterocycles. The molecule has 2 aromatic heterocycles. The Morgan fingerprint density at radius 3 is 2.61 bits per heavy atom. The van der Waals surface area contributed by atoms with Gasteiger partial charge in [0.2, 0.25) is 0 Å². The van der Waals surface area contributed by atoms with Gasteiger partial charge >= 0.3 is 5.97 Å². The third-order valence-electron chi connectivity index (χ3n) is 7.14. The number of furan rings is 1. The van der Waals surface area contributed by atoms with Crippen molar-refractivity contribution in [1.29, 1.82) is 0 Å². The first-order valence-corrected chi connectivity index (χ1v) is 14.8. The monoisotopic (exact) mass is 617 g/mol. The van der Waals surface area contributed by atoms with Crippen LogP contribution in [-0.2, 0) is 9.53 Å². The summed E-state index contributed by atoms with van der Waals surface area (Å²) in [5, 5.41) is 11.7. The van der Waals surface area contributed by atoms with Crippen molar-refractivity contribution in [2.45, 2.75) is 39.7 Å². The van der Waals surface area contributed by atoms with Gasteiger partial charge in [0.25, 0.3) is 11.2 Å². The Balaban J connectivity index is 1.72. The standard InChI is InChI=1S/C32H31N3O8S/c1-6-8-23-28(31(37)42-7-2)29(22-16-19(40-4)10-13-25(22)41-5)34-30(36)27(44-32(34)33-23)17-20-11-14-26(43-20)21-12-9-18(3)15-24(21)35(38)39/h9-17,29H,6-8H2,1-5H3/b27-17-/t29-/m1/s1. The van der Waals surface area contributed by atoms with Crippen molar-refractivity contribution >= 4 is 29.1 Å². The topological polar surface area (TPSA) is 135 Å². The molecule has 1 aliphatic heterocycles. The molecule has 5 rings (SSSR count). The van der Waals surface area contributed by atoms with Crippen LogP contribution in [0.2, 0.25) is 0 Å². The molecule has 1 aliphatic rings. The van der Waals surface area contributed by atoms with Crippen molar-refractivity contribution in [2.75, 3.05) is 20.8 Å². The molecule has 0 aliphatic carbocycles. The number of nitrogens with zero attached hydrogens (tertiary/aromatic N) is 3. The molecule has 0 N–H and O–H groups in total. The number of fused-ring (bicyclic) bond motifs is 1. The highest BCUT2D eigenvalue weighted by Crippen LogP contribution is 2.39. The summed E-state index contributed by atoms with van der Waals surface area (Å²) in [5.41, 5.74) is 1.92. The summed E-state index contributed by atoms with van der Waals surface area (Å²) >= 11 is 1.15. The van der Waals surface area contributed by atoms with Crippen LogP contribution < -0.4 is 24.4 Å². The van der Waals surface area contributed by atoms with Gasteiger partial charge in [-0.2, -0.15) is 0 Å². The number of allylic oxidation sites excluding steroid dienone is 1. The first kappa shape index (κ1) is 30.5. The van der Waals surface area contributed by atoms with Crippen LogP contribution >= 0.6 is 11.3 Å². The predicted molar refractivity (Wildman–Crippen MR) is 165 cm³/mol. The van der Waals surface area contributed by atoms with E-state index in [0.29, 0.717) is 62.0 Å². The van der Waals surface area contributed by atoms with Gasteiger partial charge in [0, 0.05) is 17.7 Å². The van der Waals surface area contributed by atoms with E-state index in [2.05, 4.69) is 0 Å². The van der Waals surface area contributed by atoms with E-state index in [-0.39, 0.29) is 17.9 Å². The lowest BCUT2D eigenvalue weighted by atomic mass is 9.93. The molecule has 11 nitrogen and oxygen atoms in total. The number of carbonyl (C=O) groups is 1. The van der Waals surface area contributed by atoms with Gasteiger partial charge in [0.05, 0.1) is 47.1 Å². The number of rotatable bonds is 10. The summed E-state index contributed by atoms with van der Waals surface area (Å²) < 4.78 is 24.4. The number of methoxy groups -OCH3 is 2. The van der Waals surface area contributed by atoms with Crippen molar-refractivity contribution < 1.29 is 28.3 Å². The number of benzene rings is 2. The van der Waals surface area contributed by atoms with Crippen molar-refractivity contribution in [3.8, 4) is 22.8 Å². The second kappa shape index (κ2) is 12.7. The van der Waals surface area contributed by atoms with E-state index in [1.54, 1.807) is 62.4 Å². The maximum Gasteiger partial charge on any atom is 0.338 e. The third kappa shape index (κ3) is 5.68. The zero-order valence-electron chi connectivity index (χ0n) is 24.9. The molecule has 228 valence electrons. The fraction of sp³-hybridized carbons (Fsp3) is 0.281. The van der Waals surface area contributed by atoms with Gasteiger partial charge < -0.3 is 18.6 Å². The summed E-state index contributed by atoms with van der Waals surface area (Å²) in [5.74, 6) is 1.03. The lowest BCUT2D eigenvalue weighted by molar-refractivity contribution is -0.384. The van der Waals surface area contributed by atoms with Gasteiger partial charge in [-0.1, -0.05) is 30.7 Å². The zero-order chi connectivity index (χ0) is 31.5. The molecular formula is C32H31N3O8S. The maximum absolute atomic E-state index is 14.1. The Bertz CT molecular complexity index is 1970. The minimum Gasteiger partial charge on any atom is -0.497 e. The SMILES string of the molecule is CCCC1=C(C(=O)OCC)[C@@H](c2cc(OC)ccc2OC)n2c(s/c(=C\c3ccc(-c4ccc(C)cc4[N+](=O)[O-])o3)c2=O)=N1. The number of carbonyl (C=O) groups excluding carboxylic acids is 1. The molecule has 0 saturated carbocycles. The Morgan fingerprint density at radius 2 is 1.93 bits per heavy atom. The number of esters is 1. The summed E-state index contributed by atoms with van der Waals surface area (Å²) in [6.07, 6.45) is 2.76. The Morgan fingerprint density at radius 1 is 1.14 bits per heavy atom. The Kier molecular flexibility index (Phi) is 8.81. The van der Waals surface area contributed by atoms with Gasteiger partial charge in [-0.15, -0.1) is 0 Å². The largest absolute Gasteiger partial charge is 0.497 e. The number of hydrogen-bond donors (Lipinski definition) is 0. The van der Waals surface area contributed by atoms with E-state index in [9.17, 15) is 19.7 Å². The molecule has 3 heterocycles. The smallest absolute Gasteiger partial charge is 0.338 e. The second-order valence-electron chi connectivity index (χ2n) is 10.0. The van der Waals surface area contributed by atoms with E-state index >= 15 is 0 Å². The summed E-state index contributed by atoms with van der Waals surface area (Å²) in [6, 6.07) is 12.5. The van der Waals surface area contributed by atoms with Gasteiger partial charge in [0.1, 0.15) is 29.1 Å². The van der Waals surface area contributed by atoms with Crippen LogP contribution in [-0.4, -0.2) is 36.3 Å². The molecule has 4 aromatic rings. The number of hydrogen-bond acceptors (Lipinski definition) is 10. The van der Waals surface area contributed by atoms with E-state index in [0.717, 1.165) is 16.9 Å². The number of aryl methyl sites for hydroxylation is 1. The molecule has 0 bridgehead atoms. The predicted octanol–water partition coefficient (Wildman–Crippen LogP) is 5.07. The Labute approximate surface area is 256 Å².